The van der Waals surface area contributed by atoms with E-state index in [1.54, 1.807) is 0 Å². The lowest BCUT2D eigenvalue weighted by atomic mass is 9.90. The Labute approximate surface area is 80.4 Å². The molecule has 0 radical (unpaired) electrons. The zero-order chi connectivity index (χ0) is 10.0. The maximum atomic E-state index is 9.49. The van der Waals surface area contributed by atoms with Crippen LogP contribution >= 0.6 is 0 Å². The molecule has 13 heavy (non-hydrogen) atoms. The van der Waals surface area contributed by atoms with Crippen LogP contribution in [0.3, 0.4) is 0 Å². The van der Waals surface area contributed by atoms with Gasteiger partial charge in [0.1, 0.15) is 0 Å². The Balaban J connectivity index is 3.07. The van der Waals surface area contributed by atoms with Crippen LogP contribution in [0.2, 0.25) is 0 Å². The molecule has 0 aliphatic rings. The molecular formula is C12H18O. The van der Waals surface area contributed by atoms with Crippen LogP contribution in [-0.2, 0) is 0 Å². The van der Waals surface area contributed by atoms with Crippen LogP contribution in [0.4, 0.5) is 0 Å². The highest BCUT2D eigenvalue weighted by molar-refractivity contribution is 5.35. The summed E-state index contributed by atoms with van der Waals surface area (Å²) in [5.74, 6) is 0.222. The van der Waals surface area contributed by atoms with Crippen molar-refractivity contribution in [1.29, 1.82) is 0 Å². The molecule has 0 bridgehead atoms. The van der Waals surface area contributed by atoms with E-state index in [9.17, 15) is 5.11 Å². The number of aryl methyl sites for hydroxylation is 1. The second-order valence-electron chi connectivity index (χ2n) is 3.82. The zero-order valence-electron chi connectivity index (χ0n) is 8.83. The van der Waals surface area contributed by atoms with Crippen LogP contribution in [0, 0.1) is 13.8 Å². The predicted octanol–water partition coefficient (Wildman–Crippen LogP) is 2.79. The number of hydrogen-bond donors (Lipinski definition) is 1. The number of benzene rings is 1. The fraction of sp³-hybridized carbons (Fsp3) is 0.500. The minimum atomic E-state index is -0.277. The lowest BCUT2D eigenvalue weighted by molar-refractivity contribution is 0.168. The summed E-state index contributed by atoms with van der Waals surface area (Å²) in [6, 6.07) is 6.25. The monoisotopic (exact) mass is 178 g/mol. The topological polar surface area (TPSA) is 20.2 Å². The molecule has 0 heterocycles. The molecule has 1 aromatic rings. The molecule has 1 heteroatoms. The van der Waals surface area contributed by atoms with Gasteiger partial charge in [-0.15, -0.1) is 0 Å². The van der Waals surface area contributed by atoms with Gasteiger partial charge in [0.15, 0.2) is 0 Å². The lowest BCUT2D eigenvalue weighted by Crippen LogP contribution is -2.12. The molecule has 0 saturated carbocycles. The van der Waals surface area contributed by atoms with Crippen molar-refractivity contribution in [3.63, 3.8) is 0 Å². The van der Waals surface area contributed by atoms with Gasteiger partial charge in [-0.25, -0.2) is 0 Å². The minimum absolute atomic E-state index is 0.222. The van der Waals surface area contributed by atoms with Crippen LogP contribution in [-0.4, -0.2) is 11.2 Å². The highest BCUT2D eigenvalue weighted by Crippen LogP contribution is 2.24. The molecule has 0 aliphatic heterocycles. The maximum Gasteiger partial charge on any atom is 0.0578 e. The van der Waals surface area contributed by atoms with Gasteiger partial charge < -0.3 is 5.11 Å². The standard InChI is InChI=1S/C12H18O/c1-8-6-5-7-12(9(8)2)10(3)11(4)13/h5-7,10-11,13H,1-4H3. The number of aliphatic hydroxyl groups excluding tert-OH is 1. The van der Waals surface area contributed by atoms with Crippen LogP contribution in [0.25, 0.3) is 0 Å². The summed E-state index contributed by atoms with van der Waals surface area (Å²) >= 11 is 0. The van der Waals surface area contributed by atoms with E-state index in [1.165, 1.54) is 16.7 Å². The van der Waals surface area contributed by atoms with E-state index < -0.39 is 0 Å². The first-order chi connectivity index (χ1) is 6.04. The molecule has 0 amide bonds. The highest BCUT2D eigenvalue weighted by Gasteiger charge is 2.13. The SMILES string of the molecule is Cc1cccc(C(C)C(C)O)c1C. The first kappa shape index (κ1) is 10.3. The van der Waals surface area contributed by atoms with Crippen molar-refractivity contribution in [2.24, 2.45) is 0 Å². The van der Waals surface area contributed by atoms with Crippen molar-refractivity contribution in [2.75, 3.05) is 0 Å². The third-order valence-corrected chi connectivity index (χ3v) is 2.86. The third-order valence-electron chi connectivity index (χ3n) is 2.86. The van der Waals surface area contributed by atoms with Crippen molar-refractivity contribution in [3.05, 3.63) is 34.9 Å². The molecule has 0 aliphatic carbocycles. The number of aliphatic hydroxyl groups is 1. The van der Waals surface area contributed by atoms with E-state index in [0.29, 0.717) is 0 Å². The van der Waals surface area contributed by atoms with Crippen molar-refractivity contribution in [2.45, 2.75) is 39.7 Å². The summed E-state index contributed by atoms with van der Waals surface area (Å²) in [5.41, 5.74) is 3.86. The van der Waals surface area contributed by atoms with Crippen LogP contribution in [0.15, 0.2) is 18.2 Å². The van der Waals surface area contributed by atoms with Gasteiger partial charge in [0, 0.05) is 5.92 Å². The summed E-state index contributed by atoms with van der Waals surface area (Å²) in [4.78, 5) is 0. The quantitative estimate of drug-likeness (QED) is 0.738. The summed E-state index contributed by atoms with van der Waals surface area (Å²) in [5, 5.41) is 9.49. The Morgan fingerprint density at radius 2 is 1.77 bits per heavy atom. The summed E-state index contributed by atoms with van der Waals surface area (Å²) in [6.07, 6.45) is -0.277. The zero-order valence-corrected chi connectivity index (χ0v) is 8.83. The first-order valence-electron chi connectivity index (χ1n) is 4.78. The molecule has 2 atom stereocenters. The molecule has 72 valence electrons. The molecule has 1 nitrogen and oxygen atoms in total. The molecule has 2 unspecified atom stereocenters. The first-order valence-corrected chi connectivity index (χ1v) is 4.78. The Hall–Kier alpha value is -0.820. The van der Waals surface area contributed by atoms with Gasteiger partial charge in [-0.2, -0.15) is 0 Å². The van der Waals surface area contributed by atoms with Gasteiger partial charge in [-0.1, -0.05) is 25.1 Å². The predicted molar refractivity (Wildman–Crippen MR) is 56.0 cm³/mol. The molecule has 1 N–H and O–H groups in total. The lowest BCUT2D eigenvalue weighted by Gasteiger charge is -2.18. The van der Waals surface area contributed by atoms with Gasteiger partial charge in [-0.3, -0.25) is 0 Å². The fourth-order valence-electron chi connectivity index (χ4n) is 1.53. The third kappa shape index (κ3) is 2.10. The summed E-state index contributed by atoms with van der Waals surface area (Å²) in [6.45, 7) is 8.12. The normalized spacial score (nSPS) is 15.5. The van der Waals surface area contributed by atoms with Crippen LogP contribution < -0.4 is 0 Å². The second-order valence-corrected chi connectivity index (χ2v) is 3.82. The largest absolute Gasteiger partial charge is 0.393 e. The molecule has 0 aromatic heterocycles. The molecule has 0 spiro atoms. The molecule has 0 saturated heterocycles. The Kier molecular flexibility index (Phi) is 3.10. The highest BCUT2D eigenvalue weighted by atomic mass is 16.3. The average Bonchev–Trinajstić information content (AvgIpc) is 2.08. The Morgan fingerprint density at radius 3 is 2.31 bits per heavy atom. The van der Waals surface area contributed by atoms with Gasteiger partial charge >= 0.3 is 0 Å². The van der Waals surface area contributed by atoms with Crippen LogP contribution in [0.5, 0.6) is 0 Å². The van der Waals surface area contributed by atoms with Gasteiger partial charge in [0.2, 0.25) is 0 Å². The van der Waals surface area contributed by atoms with E-state index >= 15 is 0 Å². The second kappa shape index (κ2) is 3.93. The van der Waals surface area contributed by atoms with Crippen molar-refractivity contribution in [3.8, 4) is 0 Å². The number of rotatable bonds is 2. The van der Waals surface area contributed by atoms with Gasteiger partial charge in [0.05, 0.1) is 6.10 Å². The van der Waals surface area contributed by atoms with Crippen LogP contribution in [0.1, 0.15) is 36.5 Å². The Bertz CT molecular complexity index is 289. The smallest absolute Gasteiger partial charge is 0.0578 e. The van der Waals surface area contributed by atoms with Gasteiger partial charge in [-0.05, 0) is 37.5 Å². The van der Waals surface area contributed by atoms with E-state index in [0.717, 1.165) is 0 Å². The fourth-order valence-corrected chi connectivity index (χ4v) is 1.53. The number of hydrogen-bond acceptors (Lipinski definition) is 1. The minimum Gasteiger partial charge on any atom is -0.393 e. The Morgan fingerprint density at radius 1 is 1.15 bits per heavy atom. The van der Waals surface area contributed by atoms with Gasteiger partial charge in [0.25, 0.3) is 0 Å². The molecular weight excluding hydrogens is 160 g/mol. The molecule has 0 fully saturated rings. The van der Waals surface area contributed by atoms with E-state index in [4.69, 9.17) is 0 Å². The van der Waals surface area contributed by atoms with E-state index in [2.05, 4.69) is 39.0 Å². The molecule has 1 aromatic carbocycles. The van der Waals surface area contributed by atoms with E-state index in [-0.39, 0.29) is 12.0 Å². The van der Waals surface area contributed by atoms with Crippen molar-refractivity contribution < 1.29 is 5.11 Å². The van der Waals surface area contributed by atoms with Crippen molar-refractivity contribution >= 4 is 0 Å². The van der Waals surface area contributed by atoms with Crippen molar-refractivity contribution in [1.82, 2.24) is 0 Å². The maximum absolute atomic E-state index is 9.49. The average molecular weight is 178 g/mol. The molecule has 1 rings (SSSR count). The summed E-state index contributed by atoms with van der Waals surface area (Å²) in [7, 11) is 0. The summed E-state index contributed by atoms with van der Waals surface area (Å²) < 4.78 is 0. The van der Waals surface area contributed by atoms with E-state index in [1.807, 2.05) is 6.92 Å².